The van der Waals surface area contributed by atoms with E-state index >= 15 is 0 Å². The largest absolute Gasteiger partial charge is 0.369 e. The van der Waals surface area contributed by atoms with Crippen LogP contribution in [0.2, 0.25) is 0 Å². The molecule has 7 nitrogen and oxygen atoms in total. The molecule has 0 unspecified atom stereocenters. The second-order valence-electron chi connectivity index (χ2n) is 8.46. The molecular formula is C25H41IN6O. The Morgan fingerprint density at radius 1 is 1.06 bits per heavy atom. The Bertz CT molecular complexity index is 800. The number of rotatable bonds is 11. The molecule has 2 N–H and O–H groups in total. The molecule has 0 radical (unpaired) electrons. The van der Waals surface area contributed by atoms with E-state index in [1.807, 2.05) is 0 Å². The molecule has 2 aromatic rings. The Morgan fingerprint density at radius 2 is 1.79 bits per heavy atom. The van der Waals surface area contributed by atoms with Gasteiger partial charge in [-0.25, -0.2) is 0 Å². The number of guanidine groups is 1. The van der Waals surface area contributed by atoms with Gasteiger partial charge in [0.15, 0.2) is 11.7 Å². The predicted octanol–water partition coefficient (Wildman–Crippen LogP) is 4.46. The second kappa shape index (κ2) is 15.2. The first-order valence-corrected chi connectivity index (χ1v) is 12.2. The van der Waals surface area contributed by atoms with E-state index < -0.39 is 0 Å². The van der Waals surface area contributed by atoms with Gasteiger partial charge in [0.1, 0.15) is 0 Å². The predicted molar refractivity (Wildman–Crippen MR) is 148 cm³/mol. The van der Waals surface area contributed by atoms with Crippen LogP contribution in [0.3, 0.4) is 0 Å². The van der Waals surface area contributed by atoms with Gasteiger partial charge in [-0.3, -0.25) is 9.89 Å². The average Bonchev–Trinajstić information content (AvgIpc) is 3.31. The molecule has 33 heavy (non-hydrogen) atoms. The molecule has 3 rings (SSSR count). The van der Waals surface area contributed by atoms with Gasteiger partial charge in [0.25, 0.3) is 0 Å². The van der Waals surface area contributed by atoms with Crippen LogP contribution in [0.1, 0.15) is 56.9 Å². The van der Waals surface area contributed by atoms with E-state index in [-0.39, 0.29) is 24.0 Å². The van der Waals surface area contributed by atoms with Crippen LogP contribution in [0.25, 0.3) is 0 Å². The molecule has 8 heteroatoms. The van der Waals surface area contributed by atoms with Crippen molar-refractivity contribution in [1.82, 2.24) is 20.7 Å². The molecule has 1 saturated heterocycles. The van der Waals surface area contributed by atoms with Crippen LogP contribution in [-0.2, 0) is 6.54 Å². The maximum atomic E-state index is 5.49. The zero-order valence-corrected chi connectivity index (χ0v) is 22.8. The van der Waals surface area contributed by atoms with Gasteiger partial charge in [-0.05, 0) is 44.4 Å². The van der Waals surface area contributed by atoms with Crippen LogP contribution in [0.5, 0.6) is 0 Å². The fraction of sp³-hybridized carbons (Fsp3) is 0.600. The third-order valence-corrected chi connectivity index (χ3v) is 6.32. The van der Waals surface area contributed by atoms with E-state index in [1.165, 1.54) is 12.1 Å². The highest BCUT2D eigenvalue weighted by molar-refractivity contribution is 14.0. The van der Waals surface area contributed by atoms with E-state index in [9.17, 15) is 0 Å². The molecule has 0 amide bonds. The van der Waals surface area contributed by atoms with Gasteiger partial charge in [-0.1, -0.05) is 37.2 Å². The fourth-order valence-corrected chi connectivity index (χ4v) is 4.24. The summed E-state index contributed by atoms with van der Waals surface area (Å²) in [6.07, 6.45) is 4.49. The summed E-state index contributed by atoms with van der Waals surface area (Å²) in [7, 11) is 1.80. The lowest BCUT2D eigenvalue weighted by molar-refractivity contribution is 0.253. The zero-order chi connectivity index (χ0) is 22.6. The molecule has 1 aromatic carbocycles. The number of halogens is 1. The number of anilines is 1. The van der Waals surface area contributed by atoms with E-state index in [0.29, 0.717) is 12.5 Å². The van der Waals surface area contributed by atoms with Crippen molar-refractivity contribution < 1.29 is 4.52 Å². The quantitative estimate of drug-likeness (QED) is 0.181. The molecule has 0 aliphatic carbocycles. The van der Waals surface area contributed by atoms with E-state index in [2.05, 4.69) is 80.8 Å². The smallest absolute Gasteiger partial charge is 0.191 e. The van der Waals surface area contributed by atoms with Crippen molar-refractivity contribution in [3.05, 3.63) is 47.9 Å². The lowest BCUT2D eigenvalue weighted by Crippen LogP contribution is -2.46. The molecule has 0 spiro atoms. The average molecular weight is 569 g/mol. The van der Waals surface area contributed by atoms with Gasteiger partial charge in [0, 0.05) is 57.4 Å². The summed E-state index contributed by atoms with van der Waals surface area (Å²) in [4.78, 5) is 9.38. The van der Waals surface area contributed by atoms with Crippen LogP contribution in [0, 0.1) is 0 Å². The fourth-order valence-electron chi connectivity index (χ4n) is 4.24. The van der Waals surface area contributed by atoms with Crippen molar-refractivity contribution in [3.8, 4) is 0 Å². The number of benzene rings is 1. The third kappa shape index (κ3) is 8.81. The minimum Gasteiger partial charge on any atom is -0.369 e. The number of hydrogen-bond acceptors (Lipinski definition) is 5. The van der Waals surface area contributed by atoms with Crippen molar-refractivity contribution >= 4 is 35.6 Å². The van der Waals surface area contributed by atoms with Crippen LogP contribution >= 0.6 is 24.0 Å². The van der Waals surface area contributed by atoms with Gasteiger partial charge in [-0.2, -0.15) is 0 Å². The van der Waals surface area contributed by atoms with Crippen LogP contribution < -0.4 is 15.5 Å². The molecule has 2 heterocycles. The standard InChI is InChI=1S/C25H40N6O.HI/c1-4-21(5-2)24-19-23(32-29-24)20-28-25(26-3)27-13-9-10-14-30-15-17-31(18-16-30)22-11-7-6-8-12-22;/h6-8,11-12,19,21H,4-5,9-10,13-18,20H2,1-3H3,(H2,26,27,28);1H. The summed E-state index contributed by atoms with van der Waals surface area (Å²) >= 11 is 0. The van der Waals surface area contributed by atoms with Crippen molar-refractivity contribution in [2.75, 3.05) is 51.2 Å². The Hall–Kier alpha value is -1.81. The second-order valence-corrected chi connectivity index (χ2v) is 8.46. The third-order valence-electron chi connectivity index (χ3n) is 6.32. The summed E-state index contributed by atoms with van der Waals surface area (Å²) in [6, 6.07) is 12.8. The summed E-state index contributed by atoms with van der Waals surface area (Å²) in [5.41, 5.74) is 2.40. The van der Waals surface area contributed by atoms with Crippen molar-refractivity contribution in [2.45, 2.75) is 52.0 Å². The SMILES string of the molecule is CCC(CC)c1cc(CNC(=NC)NCCCCN2CCN(c3ccccc3)CC2)on1.I. The van der Waals surface area contributed by atoms with Crippen LogP contribution in [0.4, 0.5) is 5.69 Å². The topological polar surface area (TPSA) is 68.9 Å². The molecule has 1 fully saturated rings. The number of nitrogens with zero attached hydrogens (tertiary/aromatic N) is 4. The minimum absolute atomic E-state index is 0. The maximum Gasteiger partial charge on any atom is 0.191 e. The number of aliphatic imine (C=N–C) groups is 1. The Morgan fingerprint density at radius 3 is 2.45 bits per heavy atom. The number of piperazine rings is 1. The number of hydrogen-bond donors (Lipinski definition) is 2. The molecule has 1 aliphatic heterocycles. The normalized spacial score (nSPS) is 14.9. The maximum absolute atomic E-state index is 5.49. The lowest BCUT2D eigenvalue weighted by atomic mass is 9.99. The first-order chi connectivity index (χ1) is 15.7. The summed E-state index contributed by atoms with van der Waals surface area (Å²) in [6.45, 7) is 11.6. The molecule has 0 bridgehead atoms. The summed E-state index contributed by atoms with van der Waals surface area (Å²) in [5, 5.41) is 11.0. The van der Waals surface area contributed by atoms with Crippen LogP contribution in [-0.4, -0.2) is 62.3 Å². The minimum atomic E-state index is 0. The summed E-state index contributed by atoms with van der Waals surface area (Å²) in [5.74, 6) is 2.14. The highest BCUT2D eigenvalue weighted by Crippen LogP contribution is 2.22. The number of aromatic nitrogens is 1. The monoisotopic (exact) mass is 568 g/mol. The van der Waals surface area contributed by atoms with E-state index in [4.69, 9.17) is 4.52 Å². The Labute approximate surface area is 216 Å². The number of para-hydroxylation sites is 1. The molecule has 1 aliphatic rings. The van der Waals surface area contributed by atoms with Crippen molar-refractivity contribution in [1.29, 1.82) is 0 Å². The van der Waals surface area contributed by atoms with Crippen LogP contribution in [0.15, 0.2) is 45.9 Å². The molecule has 184 valence electrons. The lowest BCUT2D eigenvalue weighted by Gasteiger charge is -2.36. The number of nitrogens with one attached hydrogen (secondary N) is 2. The van der Waals surface area contributed by atoms with Gasteiger partial charge < -0.3 is 20.1 Å². The molecular weight excluding hydrogens is 527 g/mol. The van der Waals surface area contributed by atoms with Crippen molar-refractivity contribution in [3.63, 3.8) is 0 Å². The first-order valence-electron chi connectivity index (χ1n) is 12.2. The Balaban J connectivity index is 0.00000385. The van der Waals surface area contributed by atoms with Gasteiger partial charge in [0.05, 0.1) is 12.2 Å². The van der Waals surface area contributed by atoms with Crippen molar-refractivity contribution in [2.24, 2.45) is 4.99 Å². The zero-order valence-electron chi connectivity index (χ0n) is 20.4. The molecule has 0 atom stereocenters. The number of unbranched alkanes of at least 4 members (excludes halogenated alkanes) is 1. The van der Waals surface area contributed by atoms with Gasteiger partial charge >= 0.3 is 0 Å². The highest BCUT2D eigenvalue weighted by atomic mass is 127. The van der Waals surface area contributed by atoms with Gasteiger partial charge in [-0.15, -0.1) is 24.0 Å². The molecule has 0 saturated carbocycles. The first kappa shape index (κ1) is 27.4. The Kier molecular flexibility index (Phi) is 12.6. The molecule has 1 aromatic heterocycles. The highest BCUT2D eigenvalue weighted by Gasteiger charge is 2.16. The van der Waals surface area contributed by atoms with Gasteiger partial charge in [0.2, 0.25) is 0 Å². The van der Waals surface area contributed by atoms with E-state index in [1.54, 1.807) is 7.05 Å². The summed E-state index contributed by atoms with van der Waals surface area (Å²) < 4.78 is 5.49. The van der Waals surface area contributed by atoms with E-state index in [0.717, 1.165) is 75.9 Å².